The van der Waals surface area contributed by atoms with Crippen LogP contribution < -0.4 is 4.90 Å². The lowest BCUT2D eigenvalue weighted by molar-refractivity contribution is -0.120. The number of benzene rings is 1. The molecule has 1 fully saturated rings. The van der Waals surface area contributed by atoms with Gasteiger partial charge in [-0.05, 0) is 32.0 Å². The number of ether oxygens (including phenoxy) is 1. The van der Waals surface area contributed by atoms with Gasteiger partial charge in [-0.15, -0.1) is 0 Å². The minimum absolute atomic E-state index is 0.00288. The predicted octanol–water partition coefficient (Wildman–Crippen LogP) is 2.06. The van der Waals surface area contributed by atoms with Gasteiger partial charge in [-0.1, -0.05) is 6.07 Å². The van der Waals surface area contributed by atoms with Crippen LogP contribution in [0.3, 0.4) is 0 Å². The number of nitrogens with zero attached hydrogens (tertiary/aromatic N) is 3. The quantitative estimate of drug-likeness (QED) is 0.875. The molecule has 0 saturated carbocycles. The summed E-state index contributed by atoms with van der Waals surface area (Å²) in [6.45, 7) is 4.50. The topological polar surface area (TPSA) is 78.5 Å². The molecule has 2 aromatic rings. The Labute approximate surface area is 156 Å². The van der Waals surface area contributed by atoms with Gasteiger partial charge in [-0.3, -0.25) is 14.7 Å². The van der Waals surface area contributed by atoms with E-state index in [4.69, 9.17) is 4.74 Å². The zero-order valence-electron chi connectivity index (χ0n) is 15.2. The lowest BCUT2D eigenvalue weighted by Gasteiger charge is -2.34. The number of hydrogen-bond donors (Lipinski definition) is 1. The van der Waals surface area contributed by atoms with Crippen LogP contribution in [0.25, 0.3) is 0 Å². The molecular weight excluding hydrogens is 351 g/mol. The summed E-state index contributed by atoms with van der Waals surface area (Å²) in [7, 11) is 0. The van der Waals surface area contributed by atoms with Crippen molar-refractivity contribution in [3.05, 3.63) is 47.0 Å². The van der Waals surface area contributed by atoms with E-state index in [1.54, 1.807) is 12.1 Å². The van der Waals surface area contributed by atoms with Crippen LogP contribution in [0, 0.1) is 5.82 Å². The third kappa shape index (κ3) is 3.21. The number of nitrogens with one attached hydrogen (secondary N) is 1. The maximum atomic E-state index is 13.4. The van der Waals surface area contributed by atoms with E-state index in [1.807, 2.05) is 13.8 Å². The van der Waals surface area contributed by atoms with E-state index in [0.717, 1.165) is 11.3 Å². The highest BCUT2D eigenvalue weighted by molar-refractivity contribution is 6.01. The van der Waals surface area contributed by atoms with Crippen LogP contribution in [0.2, 0.25) is 0 Å². The molecule has 1 aromatic carbocycles. The lowest BCUT2D eigenvalue weighted by Crippen LogP contribution is -2.52. The Hall–Kier alpha value is -2.74. The predicted molar refractivity (Wildman–Crippen MR) is 95.9 cm³/mol. The van der Waals surface area contributed by atoms with Gasteiger partial charge in [0, 0.05) is 30.8 Å². The average Bonchev–Trinajstić information content (AvgIpc) is 3.05. The van der Waals surface area contributed by atoms with Gasteiger partial charge in [0.1, 0.15) is 12.4 Å². The molecule has 1 saturated heterocycles. The SMILES string of the molecule is C[C@@H]1Cc2c(C(=O)N3CCN(c4cccc(F)c4)C(=O)C3)n[nH]c2[C@H](C)O1. The molecule has 1 aromatic heterocycles. The molecular formula is C19H21FN4O3. The smallest absolute Gasteiger partial charge is 0.275 e. The average molecular weight is 372 g/mol. The minimum atomic E-state index is -0.396. The molecule has 0 unspecified atom stereocenters. The zero-order valence-corrected chi connectivity index (χ0v) is 15.2. The van der Waals surface area contributed by atoms with Gasteiger partial charge >= 0.3 is 0 Å². The van der Waals surface area contributed by atoms with Gasteiger partial charge in [0.2, 0.25) is 5.91 Å². The lowest BCUT2D eigenvalue weighted by atomic mass is 9.99. The van der Waals surface area contributed by atoms with Crippen molar-refractivity contribution < 1.29 is 18.7 Å². The number of aromatic amines is 1. The van der Waals surface area contributed by atoms with Crippen molar-refractivity contribution in [3.8, 4) is 0 Å². The number of H-pyrrole nitrogens is 1. The Morgan fingerprint density at radius 1 is 1.33 bits per heavy atom. The number of piperazine rings is 1. The Morgan fingerprint density at radius 3 is 2.89 bits per heavy atom. The van der Waals surface area contributed by atoms with Crippen LogP contribution in [0.1, 0.15) is 41.7 Å². The van der Waals surface area contributed by atoms with E-state index in [2.05, 4.69) is 10.2 Å². The van der Waals surface area contributed by atoms with Gasteiger partial charge in [0.05, 0.1) is 17.9 Å². The zero-order chi connectivity index (χ0) is 19.1. The van der Waals surface area contributed by atoms with Gasteiger partial charge in [0.15, 0.2) is 5.69 Å². The Bertz CT molecular complexity index is 897. The molecule has 8 heteroatoms. The van der Waals surface area contributed by atoms with Gasteiger partial charge in [0.25, 0.3) is 5.91 Å². The molecule has 142 valence electrons. The van der Waals surface area contributed by atoms with Crippen LogP contribution >= 0.6 is 0 Å². The van der Waals surface area contributed by atoms with Crippen molar-refractivity contribution in [1.29, 1.82) is 0 Å². The van der Waals surface area contributed by atoms with Gasteiger partial charge in [-0.2, -0.15) is 5.10 Å². The Morgan fingerprint density at radius 2 is 2.15 bits per heavy atom. The van der Waals surface area contributed by atoms with Crippen molar-refractivity contribution >= 4 is 17.5 Å². The first kappa shape index (κ1) is 17.7. The molecule has 0 aliphatic carbocycles. The molecule has 4 rings (SSSR count). The number of rotatable bonds is 2. The van der Waals surface area contributed by atoms with Crippen molar-refractivity contribution in [2.45, 2.75) is 32.5 Å². The van der Waals surface area contributed by atoms with Gasteiger partial charge in [-0.25, -0.2) is 4.39 Å². The summed E-state index contributed by atoms with van der Waals surface area (Å²) in [6.07, 6.45) is 0.460. The monoisotopic (exact) mass is 372 g/mol. The number of hydrogen-bond acceptors (Lipinski definition) is 4. The normalized spacial score (nSPS) is 22.7. The van der Waals surface area contributed by atoms with E-state index >= 15 is 0 Å². The number of halogens is 1. The summed E-state index contributed by atoms with van der Waals surface area (Å²) in [5.41, 5.74) is 2.55. The number of carbonyl (C=O) groups excluding carboxylic acids is 2. The second-order valence-electron chi connectivity index (χ2n) is 7.01. The molecule has 2 aliphatic heterocycles. The van der Waals surface area contributed by atoms with Crippen molar-refractivity contribution in [3.63, 3.8) is 0 Å². The van der Waals surface area contributed by atoms with Crippen LogP contribution in [0.4, 0.5) is 10.1 Å². The maximum Gasteiger partial charge on any atom is 0.275 e. The van der Waals surface area contributed by atoms with E-state index in [0.29, 0.717) is 30.9 Å². The third-order valence-corrected chi connectivity index (χ3v) is 5.06. The highest BCUT2D eigenvalue weighted by Gasteiger charge is 2.34. The number of anilines is 1. The molecule has 2 aliphatic rings. The molecule has 2 amide bonds. The second-order valence-corrected chi connectivity index (χ2v) is 7.01. The Balaban J connectivity index is 1.52. The first-order chi connectivity index (χ1) is 12.9. The van der Waals surface area contributed by atoms with Crippen LogP contribution in [0.5, 0.6) is 0 Å². The highest BCUT2D eigenvalue weighted by Crippen LogP contribution is 2.31. The highest BCUT2D eigenvalue weighted by atomic mass is 19.1. The number of carbonyl (C=O) groups is 2. The van der Waals surface area contributed by atoms with Crippen molar-refractivity contribution in [2.75, 3.05) is 24.5 Å². The summed E-state index contributed by atoms with van der Waals surface area (Å²) < 4.78 is 19.2. The van der Waals surface area contributed by atoms with E-state index in [-0.39, 0.29) is 30.6 Å². The fraction of sp³-hybridized carbons (Fsp3) is 0.421. The molecule has 7 nitrogen and oxygen atoms in total. The summed E-state index contributed by atoms with van der Waals surface area (Å²) >= 11 is 0. The first-order valence-electron chi connectivity index (χ1n) is 9.02. The summed E-state index contributed by atoms with van der Waals surface area (Å²) in [5.74, 6) is -0.900. The van der Waals surface area contributed by atoms with E-state index in [9.17, 15) is 14.0 Å². The number of fused-ring (bicyclic) bond motifs is 1. The third-order valence-electron chi connectivity index (χ3n) is 5.06. The molecule has 0 radical (unpaired) electrons. The van der Waals surface area contributed by atoms with Crippen LogP contribution in [-0.2, 0) is 16.0 Å². The summed E-state index contributed by atoms with van der Waals surface area (Å²) in [6, 6.07) is 5.91. The van der Waals surface area contributed by atoms with Crippen molar-refractivity contribution in [1.82, 2.24) is 15.1 Å². The van der Waals surface area contributed by atoms with E-state index in [1.165, 1.54) is 21.9 Å². The van der Waals surface area contributed by atoms with Crippen LogP contribution in [0.15, 0.2) is 24.3 Å². The molecule has 0 spiro atoms. The fourth-order valence-corrected chi connectivity index (χ4v) is 3.76. The first-order valence-corrected chi connectivity index (χ1v) is 9.02. The molecule has 1 N–H and O–H groups in total. The second kappa shape index (κ2) is 6.77. The number of amides is 2. The summed E-state index contributed by atoms with van der Waals surface area (Å²) in [4.78, 5) is 28.5. The maximum absolute atomic E-state index is 13.4. The van der Waals surface area contributed by atoms with E-state index < -0.39 is 5.82 Å². The molecule has 3 heterocycles. The molecule has 27 heavy (non-hydrogen) atoms. The fourth-order valence-electron chi connectivity index (χ4n) is 3.76. The van der Waals surface area contributed by atoms with Crippen LogP contribution in [-0.4, -0.2) is 52.6 Å². The Kier molecular flexibility index (Phi) is 4.43. The molecule has 2 atom stereocenters. The largest absolute Gasteiger partial charge is 0.369 e. The summed E-state index contributed by atoms with van der Waals surface area (Å²) in [5, 5.41) is 7.11. The molecule has 0 bridgehead atoms. The van der Waals surface area contributed by atoms with Gasteiger partial charge < -0.3 is 14.5 Å². The number of aromatic nitrogens is 2. The minimum Gasteiger partial charge on any atom is -0.369 e. The standard InChI is InChI=1S/C19H21FN4O3/c1-11-8-15-17(12(2)27-11)21-22-18(15)19(26)23-6-7-24(16(25)10-23)14-5-3-4-13(20)9-14/h3-5,9,11-12H,6-8,10H2,1-2H3,(H,21,22)/t11-,12+/m1/s1. The van der Waals surface area contributed by atoms with Crippen molar-refractivity contribution in [2.24, 2.45) is 0 Å².